The Kier molecular flexibility index (Phi) is 4.13. The highest BCUT2D eigenvalue weighted by Crippen LogP contribution is 2.25. The fourth-order valence-electron chi connectivity index (χ4n) is 3.46. The van der Waals surface area contributed by atoms with Gasteiger partial charge in [0, 0.05) is 25.2 Å². The Morgan fingerprint density at radius 1 is 1.00 bits per heavy atom. The van der Waals surface area contributed by atoms with Crippen LogP contribution in [0, 0.1) is 0 Å². The van der Waals surface area contributed by atoms with E-state index in [1.807, 2.05) is 24.3 Å². The number of carbonyl (C=O) groups excluding carboxylic acids is 1. The van der Waals surface area contributed by atoms with E-state index in [0.29, 0.717) is 5.71 Å². The third kappa shape index (κ3) is 3.10. The first-order chi connectivity index (χ1) is 11.8. The molecule has 0 bridgehead atoms. The van der Waals surface area contributed by atoms with Crippen molar-refractivity contribution in [3.63, 3.8) is 0 Å². The number of rotatable bonds is 3. The lowest BCUT2D eigenvalue weighted by molar-refractivity contribution is -0.110. The number of aliphatic imine (C=N–C) groups is 1. The van der Waals surface area contributed by atoms with E-state index in [2.05, 4.69) is 40.5 Å². The van der Waals surface area contributed by atoms with Gasteiger partial charge in [0.1, 0.15) is 5.71 Å². The van der Waals surface area contributed by atoms with E-state index < -0.39 is 0 Å². The predicted molar refractivity (Wildman–Crippen MR) is 96.3 cm³/mol. The lowest BCUT2D eigenvalue weighted by Gasteiger charge is -2.30. The highest BCUT2D eigenvalue weighted by molar-refractivity contribution is 6.53. The molecule has 0 radical (unpaired) electrons. The van der Waals surface area contributed by atoms with Crippen molar-refractivity contribution in [2.45, 2.75) is 25.4 Å². The monoisotopic (exact) mass is 319 g/mol. The summed E-state index contributed by atoms with van der Waals surface area (Å²) < 4.78 is 0. The van der Waals surface area contributed by atoms with Crippen LogP contribution in [0.3, 0.4) is 0 Å². The minimum atomic E-state index is -0.0667. The second-order valence-electron chi connectivity index (χ2n) is 6.47. The van der Waals surface area contributed by atoms with Gasteiger partial charge in [-0.25, -0.2) is 0 Å². The van der Waals surface area contributed by atoms with Crippen LogP contribution in [0.25, 0.3) is 0 Å². The molecular formula is C20H21N3O. The maximum absolute atomic E-state index is 12.2. The van der Waals surface area contributed by atoms with Crippen LogP contribution in [-0.2, 0) is 11.3 Å². The number of piperidine rings is 1. The molecular weight excluding hydrogens is 298 g/mol. The van der Waals surface area contributed by atoms with Crippen LogP contribution in [0.15, 0.2) is 59.6 Å². The highest BCUT2D eigenvalue weighted by Gasteiger charge is 2.27. The van der Waals surface area contributed by atoms with Gasteiger partial charge in [0.25, 0.3) is 5.91 Å². The SMILES string of the molecule is O=C1Nc2ccccc2C1=NC1CCN(Cc2ccccc2)CC1. The van der Waals surface area contributed by atoms with E-state index in [0.717, 1.165) is 43.7 Å². The van der Waals surface area contributed by atoms with E-state index in [-0.39, 0.29) is 11.9 Å². The summed E-state index contributed by atoms with van der Waals surface area (Å²) in [5, 5.41) is 2.90. The summed E-state index contributed by atoms with van der Waals surface area (Å²) in [5.74, 6) is -0.0667. The molecule has 0 saturated carbocycles. The van der Waals surface area contributed by atoms with Gasteiger partial charge in [0.2, 0.25) is 0 Å². The molecule has 1 N–H and O–H groups in total. The van der Waals surface area contributed by atoms with Crippen molar-refractivity contribution >= 4 is 17.3 Å². The number of hydrogen-bond acceptors (Lipinski definition) is 3. The number of likely N-dealkylation sites (tertiary alicyclic amines) is 1. The van der Waals surface area contributed by atoms with Gasteiger partial charge in [-0.05, 0) is 24.5 Å². The van der Waals surface area contributed by atoms with Crippen LogP contribution in [-0.4, -0.2) is 35.7 Å². The zero-order chi connectivity index (χ0) is 16.4. The molecule has 0 spiro atoms. The van der Waals surface area contributed by atoms with Crippen molar-refractivity contribution in [3.05, 3.63) is 65.7 Å². The molecule has 2 aliphatic heterocycles. The van der Waals surface area contributed by atoms with Gasteiger partial charge in [-0.15, -0.1) is 0 Å². The number of benzene rings is 2. The van der Waals surface area contributed by atoms with E-state index in [4.69, 9.17) is 4.99 Å². The van der Waals surface area contributed by atoms with Gasteiger partial charge in [-0.3, -0.25) is 14.7 Å². The summed E-state index contributed by atoms with van der Waals surface area (Å²) in [4.78, 5) is 19.4. The summed E-state index contributed by atoms with van der Waals surface area (Å²) in [6, 6.07) is 18.6. The van der Waals surface area contributed by atoms with Crippen molar-refractivity contribution in [2.24, 2.45) is 4.99 Å². The quantitative estimate of drug-likeness (QED) is 0.945. The van der Waals surface area contributed by atoms with E-state index >= 15 is 0 Å². The van der Waals surface area contributed by atoms with Crippen molar-refractivity contribution < 1.29 is 4.79 Å². The average molecular weight is 319 g/mol. The predicted octanol–water partition coefficient (Wildman–Crippen LogP) is 3.09. The van der Waals surface area contributed by atoms with E-state index in [1.54, 1.807) is 0 Å². The van der Waals surface area contributed by atoms with Crippen molar-refractivity contribution in [1.29, 1.82) is 0 Å². The van der Waals surface area contributed by atoms with Crippen LogP contribution in [0.5, 0.6) is 0 Å². The normalized spacial score (nSPS) is 20.2. The zero-order valence-corrected chi connectivity index (χ0v) is 13.6. The number of hydrogen-bond donors (Lipinski definition) is 1. The molecule has 122 valence electrons. The van der Waals surface area contributed by atoms with Gasteiger partial charge in [-0.2, -0.15) is 0 Å². The lowest BCUT2D eigenvalue weighted by atomic mass is 10.0. The van der Waals surface area contributed by atoms with Crippen LogP contribution in [0.1, 0.15) is 24.0 Å². The molecule has 4 rings (SSSR count). The zero-order valence-electron chi connectivity index (χ0n) is 13.6. The number of nitrogens with zero attached hydrogens (tertiary/aromatic N) is 2. The first-order valence-electron chi connectivity index (χ1n) is 8.54. The second-order valence-corrected chi connectivity index (χ2v) is 6.47. The number of amides is 1. The molecule has 0 unspecified atom stereocenters. The maximum atomic E-state index is 12.2. The molecule has 1 fully saturated rings. The van der Waals surface area contributed by atoms with E-state index in [1.165, 1.54) is 5.56 Å². The Morgan fingerprint density at radius 2 is 1.71 bits per heavy atom. The number of carbonyl (C=O) groups is 1. The molecule has 0 aliphatic carbocycles. The molecule has 0 aromatic heterocycles. The number of nitrogens with one attached hydrogen (secondary N) is 1. The van der Waals surface area contributed by atoms with Gasteiger partial charge in [0.15, 0.2) is 0 Å². The standard InChI is InChI=1S/C20H21N3O/c24-20-19(17-8-4-5-9-18(17)22-20)21-16-10-12-23(13-11-16)14-15-6-2-1-3-7-15/h1-9,16H,10-14H2,(H,21,22,24). The Bertz CT molecular complexity index is 761. The topological polar surface area (TPSA) is 44.7 Å². The first kappa shape index (κ1) is 15.1. The lowest BCUT2D eigenvalue weighted by Crippen LogP contribution is -2.35. The van der Waals surface area contributed by atoms with Gasteiger partial charge < -0.3 is 5.32 Å². The van der Waals surface area contributed by atoms with Crippen LogP contribution >= 0.6 is 0 Å². The third-order valence-electron chi connectivity index (χ3n) is 4.76. The fraction of sp³-hybridized carbons (Fsp3) is 0.300. The average Bonchev–Trinajstić information content (AvgIpc) is 2.93. The van der Waals surface area contributed by atoms with Crippen molar-refractivity contribution in [2.75, 3.05) is 18.4 Å². The van der Waals surface area contributed by atoms with Gasteiger partial charge >= 0.3 is 0 Å². The number of para-hydroxylation sites is 1. The molecule has 1 amide bonds. The molecule has 0 atom stereocenters. The van der Waals surface area contributed by atoms with Crippen molar-refractivity contribution in [1.82, 2.24) is 4.90 Å². The second kappa shape index (κ2) is 6.57. The molecule has 24 heavy (non-hydrogen) atoms. The fourth-order valence-corrected chi connectivity index (χ4v) is 3.46. The van der Waals surface area contributed by atoms with Crippen LogP contribution < -0.4 is 5.32 Å². The highest BCUT2D eigenvalue weighted by atomic mass is 16.2. The Labute approximate surface area is 142 Å². The molecule has 2 aromatic carbocycles. The Morgan fingerprint density at radius 3 is 2.50 bits per heavy atom. The van der Waals surface area contributed by atoms with Gasteiger partial charge in [0.05, 0.1) is 11.7 Å². The van der Waals surface area contributed by atoms with E-state index in [9.17, 15) is 4.79 Å². The molecule has 2 aromatic rings. The van der Waals surface area contributed by atoms with Gasteiger partial charge in [-0.1, -0.05) is 48.5 Å². The maximum Gasteiger partial charge on any atom is 0.274 e. The number of fused-ring (bicyclic) bond motifs is 1. The molecule has 2 aliphatic rings. The minimum Gasteiger partial charge on any atom is -0.320 e. The third-order valence-corrected chi connectivity index (χ3v) is 4.76. The largest absolute Gasteiger partial charge is 0.320 e. The first-order valence-corrected chi connectivity index (χ1v) is 8.54. The summed E-state index contributed by atoms with van der Waals surface area (Å²) in [6.45, 7) is 3.05. The Hall–Kier alpha value is -2.46. The molecule has 4 heteroatoms. The minimum absolute atomic E-state index is 0.0667. The van der Waals surface area contributed by atoms with Crippen LogP contribution in [0.2, 0.25) is 0 Å². The summed E-state index contributed by atoms with van der Waals surface area (Å²) >= 11 is 0. The molecule has 2 heterocycles. The molecule has 1 saturated heterocycles. The summed E-state index contributed by atoms with van der Waals surface area (Å²) in [5.41, 5.74) is 3.77. The molecule has 4 nitrogen and oxygen atoms in total. The summed E-state index contributed by atoms with van der Waals surface area (Å²) in [6.07, 6.45) is 2.01. The smallest absolute Gasteiger partial charge is 0.274 e. The Balaban J connectivity index is 1.41. The van der Waals surface area contributed by atoms with Crippen LogP contribution in [0.4, 0.5) is 5.69 Å². The number of anilines is 1. The van der Waals surface area contributed by atoms with Crippen molar-refractivity contribution in [3.8, 4) is 0 Å². The summed E-state index contributed by atoms with van der Waals surface area (Å²) in [7, 11) is 0.